The van der Waals surface area contributed by atoms with Crippen LogP contribution in [0, 0.1) is 0 Å². The average molecular weight is 325 g/mol. The van der Waals surface area contributed by atoms with E-state index < -0.39 is 0 Å². The van der Waals surface area contributed by atoms with Gasteiger partial charge in [0.25, 0.3) is 0 Å². The van der Waals surface area contributed by atoms with Crippen LogP contribution in [0.5, 0.6) is 11.5 Å². The molecule has 1 unspecified atom stereocenters. The Morgan fingerprint density at radius 3 is 2.57 bits per heavy atom. The van der Waals surface area contributed by atoms with E-state index in [1.807, 2.05) is 42.5 Å². The second kappa shape index (κ2) is 5.28. The molecule has 0 radical (unpaired) electrons. The fourth-order valence-electron chi connectivity index (χ4n) is 3.17. The highest BCUT2D eigenvalue weighted by molar-refractivity contribution is 6.30. The van der Waals surface area contributed by atoms with E-state index in [0.29, 0.717) is 10.8 Å². The summed E-state index contributed by atoms with van der Waals surface area (Å²) >= 11 is 5.97. The zero-order valence-electron chi connectivity index (χ0n) is 12.1. The molecule has 0 fully saturated rings. The lowest BCUT2D eigenvalue weighted by Gasteiger charge is -2.26. The quantitative estimate of drug-likeness (QED) is 0.524. The first kappa shape index (κ1) is 14.1. The van der Waals surface area contributed by atoms with Crippen LogP contribution in [0.25, 0.3) is 10.8 Å². The Labute approximate surface area is 138 Å². The zero-order valence-corrected chi connectivity index (χ0v) is 12.9. The van der Waals surface area contributed by atoms with Crippen LogP contribution in [0.15, 0.2) is 54.6 Å². The van der Waals surface area contributed by atoms with E-state index in [9.17, 15) is 9.90 Å². The molecule has 0 bridgehead atoms. The normalized spacial score (nSPS) is 16.9. The van der Waals surface area contributed by atoms with Crippen LogP contribution >= 0.6 is 11.6 Å². The fraction of sp³-hybridized carbons (Fsp3) is 0.105. The van der Waals surface area contributed by atoms with Crippen molar-refractivity contribution in [1.82, 2.24) is 0 Å². The van der Waals surface area contributed by atoms with Crippen molar-refractivity contribution >= 4 is 28.3 Å². The van der Waals surface area contributed by atoms with E-state index in [1.165, 1.54) is 0 Å². The molecule has 3 aromatic carbocycles. The number of carbonyl (C=O) groups is 1. The number of phenols is 1. The van der Waals surface area contributed by atoms with Crippen molar-refractivity contribution < 1.29 is 14.6 Å². The van der Waals surface area contributed by atoms with Gasteiger partial charge in [-0.2, -0.15) is 0 Å². The third kappa shape index (κ3) is 2.43. The van der Waals surface area contributed by atoms with Gasteiger partial charge in [-0.25, -0.2) is 0 Å². The van der Waals surface area contributed by atoms with Crippen molar-refractivity contribution in [1.29, 1.82) is 0 Å². The van der Waals surface area contributed by atoms with E-state index >= 15 is 0 Å². The Hall–Kier alpha value is -2.52. The van der Waals surface area contributed by atoms with Crippen LogP contribution in [0.4, 0.5) is 0 Å². The van der Waals surface area contributed by atoms with Crippen molar-refractivity contribution in [2.75, 3.05) is 0 Å². The zero-order chi connectivity index (χ0) is 16.0. The molecule has 0 aliphatic carbocycles. The molecule has 0 spiro atoms. The van der Waals surface area contributed by atoms with Gasteiger partial charge in [0.1, 0.15) is 11.5 Å². The Balaban J connectivity index is 1.98. The van der Waals surface area contributed by atoms with Crippen LogP contribution in [0.2, 0.25) is 5.02 Å². The molecule has 0 aromatic heterocycles. The summed E-state index contributed by atoms with van der Waals surface area (Å²) in [6.07, 6.45) is 0.267. The van der Waals surface area contributed by atoms with Gasteiger partial charge in [-0.3, -0.25) is 4.79 Å². The number of benzene rings is 3. The lowest BCUT2D eigenvalue weighted by Crippen LogP contribution is -2.21. The smallest absolute Gasteiger partial charge is 0.312 e. The summed E-state index contributed by atoms with van der Waals surface area (Å²) in [4.78, 5) is 12.0. The molecule has 114 valence electrons. The Morgan fingerprint density at radius 1 is 1.04 bits per heavy atom. The van der Waals surface area contributed by atoms with E-state index in [2.05, 4.69) is 0 Å². The van der Waals surface area contributed by atoms with E-state index in [4.69, 9.17) is 16.3 Å². The van der Waals surface area contributed by atoms with E-state index in [1.54, 1.807) is 12.1 Å². The first-order valence-electron chi connectivity index (χ1n) is 7.33. The molecule has 4 rings (SSSR count). The van der Waals surface area contributed by atoms with Crippen LogP contribution in [-0.4, -0.2) is 11.1 Å². The number of esters is 1. The highest BCUT2D eigenvalue weighted by Crippen LogP contribution is 2.43. The van der Waals surface area contributed by atoms with Crippen molar-refractivity contribution in [2.24, 2.45) is 0 Å². The number of ether oxygens (including phenoxy) is 1. The molecule has 1 N–H and O–H groups in total. The van der Waals surface area contributed by atoms with E-state index in [0.717, 1.165) is 21.9 Å². The molecular weight excluding hydrogens is 312 g/mol. The number of hydrogen-bond acceptors (Lipinski definition) is 3. The van der Waals surface area contributed by atoms with Crippen LogP contribution in [0.3, 0.4) is 0 Å². The van der Waals surface area contributed by atoms with Crippen molar-refractivity contribution in [2.45, 2.75) is 12.3 Å². The van der Waals surface area contributed by atoms with Crippen LogP contribution in [-0.2, 0) is 4.79 Å². The number of hydrogen-bond donors (Lipinski definition) is 1. The van der Waals surface area contributed by atoms with Gasteiger partial charge in [-0.15, -0.1) is 0 Å². The van der Waals surface area contributed by atoms with Gasteiger partial charge >= 0.3 is 5.97 Å². The maximum Gasteiger partial charge on any atom is 0.312 e. The lowest BCUT2D eigenvalue weighted by molar-refractivity contribution is -0.135. The molecule has 4 heteroatoms. The summed E-state index contributed by atoms with van der Waals surface area (Å²) < 4.78 is 5.41. The van der Waals surface area contributed by atoms with Gasteiger partial charge in [0, 0.05) is 16.5 Å². The first-order chi connectivity index (χ1) is 11.1. The summed E-state index contributed by atoms with van der Waals surface area (Å²) in [6.45, 7) is 0. The Kier molecular flexibility index (Phi) is 3.24. The number of fused-ring (bicyclic) bond motifs is 3. The molecule has 1 atom stereocenters. The number of phenolic OH excluding ortho intramolecular Hbond substituents is 1. The highest BCUT2D eigenvalue weighted by Gasteiger charge is 2.30. The van der Waals surface area contributed by atoms with Gasteiger partial charge < -0.3 is 9.84 Å². The second-order valence-corrected chi connectivity index (χ2v) is 6.10. The summed E-state index contributed by atoms with van der Waals surface area (Å²) in [5, 5.41) is 12.4. The minimum Gasteiger partial charge on any atom is -0.508 e. The molecule has 3 aromatic rings. The summed E-state index contributed by atoms with van der Waals surface area (Å²) in [5.41, 5.74) is 1.93. The third-order valence-corrected chi connectivity index (χ3v) is 4.47. The molecule has 0 saturated carbocycles. The number of rotatable bonds is 1. The summed E-state index contributed by atoms with van der Waals surface area (Å²) in [5.74, 6) is 0.378. The molecule has 0 saturated heterocycles. The molecule has 1 aliphatic heterocycles. The third-order valence-electron chi connectivity index (χ3n) is 4.22. The van der Waals surface area contributed by atoms with Gasteiger partial charge in [-0.1, -0.05) is 35.9 Å². The number of aromatic hydroxyl groups is 1. The first-order valence-corrected chi connectivity index (χ1v) is 7.71. The molecule has 1 heterocycles. The van der Waals surface area contributed by atoms with Crippen molar-refractivity contribution in [3.05, 3.63) is 70.7 Å². The summed E-state index contributed by atoms with van der Waals surface area (Å²) in [7, 11) is 0. The minimum atomic E-state index is -0.253. The predicted molar refractivity (Wildman–Crippen MR) is 89.2 cm³/mol. The van der Waals surface area contributed by atoms with Gasteiger partial charge in [0.15, 0.2) is 0 Å². The fourth-order valence-corrected chi connectivity index (χ4v) is 3.30. The minimum absolute atomic E-state index is 0.117. The molecular formula is C19H13ClO3. The maximum absolute atomic E-state index is 12.0. The molecule has 3 nitrogen and oxygen atoms in total. The summed E-state index contributed by atoms with van der Waals surface area (Å²) in [6, 6.07) is 16.4. The topological polar surface area (TPSA) is 46.5 Å². The van der Waals surface area contributed by atoms with Gasteiger partial charge in [0.05, 0.1) is 6.42 Å². The lowest BCUT2D eigenvalue weighted by atomic mass is 9.83. The van der Waals surface area contributed by atoms with E-state index in [-0.39, 0.29) is 24.1 Å². The van der Waals surface area contributed by atoms with Crippen molar-refractivity contribution in [3.63, 3.8) is 0 Å². The van der Waals surface area contributed by atoms with Crippen molar-refractivity contribution in [3.8, 4) is 11.5 Å². The number of halogens is 1. The number of carbonyl (C=O) groups excluding carboxylic acids is 1. The van der Waals surface area contributed by atoms with Crippen LogP contribution in [0.1, 0.15) is 23.5 Å². The highest BCUT2D eigenvalue weighted by atomic mass is 35.5. The monoisotopic (exact) mass is 324 g/mol. The van der Waals surface area contributed by atoms with Gasteiger partial charge in [0.2, 0.25) is 0 Å². The Bertz CT molecular complexity index is 916. The van der Waals surface area contributed by atoms with Crippen LogP contribution < -0.4 is 4.74 Å². The molecule has 0 amide bonds. The predicted octanol–water partition coefficient (Wildman–Crippen LogP) is 4.64. The van der Waals surface area contributed by atoms with Gasteiger partial charge in [-0.05, 0) is 46.7 Å². The average Bonchev–Trinajstić information content (AvgIpc) is 2.54. The Morgan fingerprint density at radius 2 is 1.78 bits per heavy atom. The largest absolute Gasteiger partial charge is 0.508 e. The SMILES string of the molecule is O=C1CC(c2ccc(Cl)cc2)c2c(ccc3ccc(O)cc23)O1. The maximum atomic E-state index is 12.0. The standard InChI is InChI=1S/C19H13ClO3/c20-13-5-1-11(2-6-13)16-10-18(22)23-17-8-4-12-3-7-14(21)9-15(12)19(16)17/h1-9,16,21H,10H2. The second-order valence-electron chi connectivity index (χ2n) is 5.67. The molecule has 1 aliphatic rings. The molecule has 23 heavy (non-hydrogen) atoms.